The Hall–Kier alpha value is -1.95. The first-order valence-electron chi connectivity index (χ1n) is 6.35. The molecule has 0 aliphatic rings. The molecule has 0 aromatic carbocycles. The average Bonchev–Trinajstić information content (AvgIpc) is 2.73. The van der Waals surface area contributed by atoms with E-state index in [1.807, 2.05) is 19.9 Å². The van der Waals surface area contributed by atoms with Gasteiger partial charge in [0.25, 0.3) is 5.91 Å². The number of hydrogen-bond donors (Lipinski definition) is 2. The molecule has 6 heteroatoms. The molecule has 2 rings (SSSR count). The largest absolute Gasteiger partial charge is 0.481 e. The maximum absolute atomic E-state index is 12.1. The normalized spacial score (nSPS) is 10.7. The molecule has 106 valence electrons. The molecule has 2 heterocycles. The van der Waals surface area contributed by atoms with Crippen LogP contribution < -0.4 is 5.32 Å². The van der Waals surface area contributed by atoms with E-state index in [1.165, 1.54) is 11.3 Å². The number of carbonyl (C=O) groups is 2. The number of hydrogen-bond acceptors (Lipinski definition) is 4. The van der Waals surface area contributed by atoms with E-state index in [2.05, 4.69) is 10.3 Å². The van der Waals surface area contributed by atoms with Crippen LogP contribution in [0.15, 0.2) is 12.3 Å². The molecule has 0 spiro atoms. The van der Waals surface area contributed by atoms with Gasteiger partial charge in [-0.2, -0.15) is 0 Å². The molecule has 2 N–H and O–H groups in total. The third-order valence-corrected chi connectivity index (χ3v) is 4.30. The number of aliphatic carboxylic acids is 1. The summed E-state index contributed by atoms with van der Waals surface area (Å²) in [5, 5.41) is 12.3. The minimum Gasteiger partial charge on any atom is -0.481 e. The van der Waals surface area contributed by atoms with Gasteiger partial charge in [-0.3, -0.25) is 9.59 Å². The smallest absolute Gasteiger partial charge is 0.303 e. The molecule has 0 fully saturated rings. The van der Waals surface area contributed by atoms with E-state index in [-0.39, 0.29) is 12.3 Å². The van der Waals surface area contributed by atoms with Crippen LogP contribution in [-0.4, -0.2) is 28.5 Å². The van der Waals surface area contributed by atoms with E-state index in [4.69, 9.17) is 5.11 Å². The van der Waals surface area contributed by atoms with Crippen LogP contribution in [0.25, 0.3) is 10.2 Å². The number of rotatable bonds is 5. The van der Waals surface area contributed by atoms with Gasteiger partial charge in [-0.25, -0.2) is 4.98 Å². The SMILES string of the molecule is Cc1ccnc2sc(C(=O)NCCCC(=O)O)c(C)c12. The predicted molar refractivity (Wildman–Crippen MR) is 78.3 cm³/mol. The van der Waals surface area contributed by atoms with Crippen LogP contribution in [0, 0.1) is 13.8 Å². The van der Waals surface area contributed by atoms with E-state index < -0.39 is 5.97 Å². The summed E-state index contributed by atoms with van der Waals surface area (Å²) in [6.45, 7) is 4.28. The quantitative estimate of drug-likeness (QED) is 0.830. The topological polar surface area (TPSA) is 79.3 Å². The molecular formula is C14H16N2O3S. The zero-order chi connectivity index (χ0) is 14.7. The fourth-order valence-electron chi connectivity index (χ4n) is 2.09. The van der Waals surface area contributed by atoms with Gasteiger partial charge in [-0.15, -0.1) is 11.3 Å². The highest BCUT2D eigenvalue weighted by Gasteiger charge is 2.16. The molecule has 0 radical (unpaired) electrons. The lowest BCUT2D eigenvalue weighted by molar-refractivity contribution is -0.137. The molecule has 0 aliphatic heterocycles. The van der Waals surface area contributed by atoms with Crippen LogP contribution in [0.2, 0.25) is 0 Å². The summed E-state index contributed by atoms with van der Waals surface area (Å²) in [5.74, 6) is -1.01. The third-order valence-electron chi connectivity index (χ3n) is 3.10. The molecule has 0 unspecified atom stereocenters. The number of nitrogens with zero attached hydrogens (tertiary/aromatic N) is 1. The standard InChI is InChI=1S/C14H16N2O3S/c1-8-5-7-16-14-11(8)9(2)12(20-14)13(19)15-6-3-4-10(17)18/h5,7H,3-4,6H2,1-2H3,(H,15,19)(H,17,18). The monoisotopic (exact) mass is 292 g/mol. The van der Waals surface area contributed by atoms with E-state index in [0.29, 0.717) is 17.8 Å². The van der Waals surface area contributed by atoms with Crippen LogP contribution in [0.5, 0.6) is 0 Å². The molecular weight excluding hydrogens is 276 g/mol. The molecule has 5 nitrogen and oxygen atoms in total. The van der Waals surface area contributed by atoms with Crippen molar-refractivity contribution >= 4 is 33.4 Å². The van der Waals surface area contributed by atoms with Gasteiger partial charge < -0.3 is 10.4 Å². The summed E-state index contributed by atoms with van der Waals surface area (Å²) < 4.78 is 0. The van der Waals surface area contributed by atoms with Crippen LogP contribution in [0.4, 0.5) is 0 Å². The minimum atomic E-state index is -0.850. The molecule has 0 aliphatic carbocycles. The molecule has 0 saturated heterocycles. The van der Waals surface area contributed by atoms with Crippen LogP contribution in [-0.2, 0) is 4.79 Å². The van der Waals surface area contributed by atoms with Gasteiger partial charge in [0.1, 0.15) is 4.83 Å². The van der Waals surface area contributed by atoms with Crippen molar-refractivity contribution in [1.29, 1.82) is 0 Å². The molecule has 1 amide bonds. The predicted octanol–water partition coefficient (Wildman–Crippen LogP) is 2.51. The molecule has 0 atom stereocenters. The minimum absolute atomic E-state index is 0.0618. The Balaban J connectivity index is 2.13. The number of amides is 1. The molecule has 20 heavy (non-hydrogen) atoms. The number of aromatic nitrogens is 1. The first-order chi connectivity index (χ1) is 9.50. The summed E-state index contributed by atoms with van der Waals surface area (Å²) >= 11 is 1.37. The Morgan fingerprint density at radius 3 is 2.80 bits per heavy atom. The second-order valence-electron chi connectivity index (χ2n) is 4.62. The van der Waals surface area contributed by atoms with Gasteiger partial charge in [-0.1, -0.05) is 0 Å². The maximum Gasteiger partial charge on any atom is 0.303 e. The van der Waals surface area contributed by atoms with Gasteiger partial charge in [-0.05, 0) is 37.5 Å². The lowest BCUT2D eigenvalue weighted by Crippen LogP contribution is -2.24. The van der Waals surface area contributed by atoms with Crippen molar-refractivity contribution in [3.63, 3.8) is 0 Å². The molecule has 0 bridgehead atoms. The maximum atomic E-state index is 12.1. The Labute approximate surface area is 120 Å². The van der Waals surface area contributed by atoms with Crippen molar-refractivity contribution in [3.05, 3.63) is 28.3 Å². The summed E-state index contributed by atoms with van der Waals surface area (Å²) in [4.78, 5) is 28.3. The van der Waals surface area contributed by atoms with E-state index in [0.717, 1.165) is 21.3 Å². The fraction of sp³-hybridized carbons (Fsp3) is 0.357. The number of aryl methyl sites for hydroxylation is 2. The molecule has 2 aromatic rings. The Morgan fingerprint density at radius 2 is 2.15 bits per heavy atom. The highest BCUT2D eigenvalue weighted by Crippen LogP contribution is 2.31. The second-order valence-corrected chi connectivity index (χ2v) is 5.62. The number of carbonyl (C=O) groups excluding carboxylic acids is 1. The van der Waals surface area contributed by atoms with Crippen molar-refractivity contribution in [2.75, 3.05) is 6.54 Å². The summed E-state index contributed by atoms with van der Waals surface area (Å²) in [5.41, 5.74) is 2.04. The summed E-state index contributed by atoms with van der Waals surface area (Å²) in [6.07, 6.45) is 2.23. The van der Waals surface area contributed by atoms with Gasteiger partial charge in [0.05, 0.1) is 4.88 Å². The lowest BCUT2D eigenvalue weighted by Gasteiger charge is -2.03. The highest BCUT2D eigenvalue weighted by molar-refractivity contribution is 7.20. The van der Waals surface area contributed by atoms with Crippen molar-refractivity contribution in [2.24, 2.45) is 0 Å². The average molecular weight is 292 g/mol. The number of pyridine rings is 1. The molecule has 0 saturated carbocycles. The first kappa shape index (κ1) is 14.5. The number of nitrogens with one attached hydrogen (secondary N) is 1. The number of carboxylic acid groups (broad SMARTS) is 1. The Kier molecular flexibility index (Phi) is 4.34. The third kappa shape index (κ3) is 2.96. The summed E-state index contributed by atoms with van der Waals surface area (Å²) in [6, 6.07) is 1.93. The van der Waals surface area contributed by atoms with E-state index >= 15 is 0 Å². The van der Waals surface area contributed by atoms with E-state index in [9.17, 15) is 9.59 Å². The zero-order valence-corrected chi connectivity index (χ0v) is 12.2. The highest BCUT2D eigenvalue weighted by atomic mass is 32.1. The van der Waals surface area contributed by atoms with Crippen LogP contribution in [0.3, 0.4) is 0 Å². The zero-order valence-electron chi connectivity index (χ0n) is 11.4. The van der Waals surface area contributed by atoms with Crippen molar-refractivity contribution in [3.8, 4) is 0 Å². The fourth-order valence-corrected chi connectivity index (χ4v) is 3.24. The second kappa shape index (κ2) is 6.00. The number of thiophene rings is 1. The van der Waals surface area contributed by atoms with Crippen LogP contribution in [0.1, 0.15) is 33.6 Å². The van der Waals surface area contributed by atoms with Gasteiger partial charge in [0, 0.05) is 24.5 Å². The van der Waals surface area contributed by atoms with Gasteiger partial charge in [0.15, 0.2) is 0 Å². The number of fused-ring (bicyclic) bond motifs is 1. The van der Waals surface area contributed by atoms with Gasteiger partial charge >= 0.3 is 5.97 Å². The Bertz CT molecular complexity index is 664. The molecule has 2 aromatic heterocycles. The summed E-state index contributed by atoms with van der Waals surface area (Å²) in [7, 11) is 0. The first-order valence-corrected chi connectivity index (χ1v) is 7.17. The van der Waals surface area contributed by atoms with Crippen molar-refractivity contribution < 1.29 is 14.7 Å². The number of carboxylic acids is 1. The van der Waals surface area contributed by atoms with E-state index in [1.54, 1.807) is 6.20 Å². The Morgan fingerprint density at radius 1 is 1.40 bits per heavy atom. The van der Waals surface area contributed by atoms with Crippen molar-refractivity contribution in [1.82, 2.24) is 10.3 Å². The van der Waals surface area contributed by atoms with Crippen LogP contribution >= 0.6 is 11.3 Å². The van der Waals surface area contributed by atoms with Crippen molar-refractivity contribution in [2.45, 2.75) is 26.7 Å². The van der Waals surface area contributed by atoms with Gasteiger partial charge in [0.2, 0.25) is 0 Å². The lowest BCUT2D eigenvalue weighted by atomic mass is 10.1.